The van der Waals surface area contributed by atoms with Crippen molar-refractivity contribution in [1.82, 2.24) is 19.5 Å². The Labute approximate surface area is 131 Å². The summed E-state index contributed by atoms with van der Waals surface area (Å²) in [5, 5.41) is 4.76. The maximum absolute atomic E-state index is 12.8. The summed E-state index contributed by atoms with van der Waals surface area (Å²) in [4.78, 5) is 18.7. The molecule has 1 atom stereocenters. The molecule has 4 rings (SSSR count). The second-order valence-corrected chi connectivity index (χ2v) is 5.76. The highest BCUT2D eigenvalue weighted by Gasteiger charge is 2.31. The van der Waals surface area contributed by atoms with E-state index in [1.54, 1.807) is 23.4 Å². The minimum atomic E-state index is -0.110. The number of aromatic nitrogens is 3. The Morgan fingerprint density at radius 3 is 3.23 bits per heavy atom. The first-order chi connectivity index (χ1) is 10.6. The molecule has 1 amide bonds. The van der Waals surface area contributed by atoms with E-state index in [0.29, 0.717) is 22.9 Å². The van der Waals surface area contributed by atoms with Gasteiger partial charge in [0.2, 0.25) is 0 Å². The fourth-order valence-electron chi connectivity index (χ4n) is 2.89. The molecular weight excluding hydrogens is 304 g/mol. The number of amides is 1. The van der Waals surface area contributed by atoms with Gasteiger partial charge >= 0.3 is 0 Å². The lowest BCUT2D eigenvalue weighted by Crippen LogP contribution is -2.38. The molecule has 3 aromatic rings. The first kappa shape index (κ1) is 13.3. The van der Waals surface area contributed by atoms with Crippen LogP contribution in [-0.2, 0) is 6.42 Å². The number of carbonyl (C=O) groups excluding carboxylic acids is 1. The fourth-order valence-corrected chi connectivity index (χ4v) is 3.03. The SMILES string of the molecule is CC1c2ccoc2CCN1C(=O)c1cc2ncc(Cl)cn2n1. The van der Waals surface area contributed by atoms with Gasteiger partial charge in [0, 0.05) is 30.8 Å². The summed E-state index contributed by atoms with van der Waals surface area (Å²) >= 11 is 5.89. The van der Waals surface area contributed by atoms with Crippen LogP contribution in [0.4, 0.5) is 0 Å². The molecule has 4 heterocycles. The molecule has 6 nitrogen and oxygen atoms in total. The van der Waals surface area contributed by atoms with Crippen molar-refractivity contribution in [2.45, 2.75) is 19.4 Å². The van der Waals surface area contributed by atoms with Gasteiger partial charge in [0.05, 0.1) is 23.5 Å². The van der Waals surface area contributed by atoms with Crippen LogP contribution in [0.3, 0.4) is 0 Å². The van der Waals surface area contributed by atoms with Crippen LogP contribution in [0.15, 0.2) is 35.2 Å². The van der Waals surface area contributed by atoms with Gasteiger partial charge in [-0.15, -0.1) is 0 Å². The monoisotopic (exact) mass is 316 g/mol. The third kappa shape index (κ3) is 1.99. The van der Waals surface area contributed by atoms with Gasteiger partial charge in [-0.2, -0.15) is 5.10 Å². The highest BCUT2D eigenvalue weighted by Crippen LogP contribution is 2.31. The van der Waals surface area contributed by atoms with Crippen molar-refractivity contribution in [3.8, 4) is 0 Å². The summed E-state index contributed by atoms with van der Waals surface area (Å²) in [6.45, 7) is 2.61. The lowest BCUT2D eigenvalue weighted by molar-refractivity contribution is 0.0664. The summed E-state index contributed by atoms with van der Waals surface area (Å²) < 4.78 is 6.96. The second kappa shape index (κ2) is 4.84. The molecule has 0 fully saturated rings. The van der Waals surface area contributed by atoms with E-state index >= 15 is 0 Å². The van der Waals surface area contributed by atoms with E-state index in [-0.39, 0.29) is 11.9 Å². The zero-order chi connectivity index (χ0) is 15.3. The highest BCUT2D eigenvalue weighted by atomic mass is 35.5. The third-order valence-electron chi connectivity index (χ3n) is 4.04. The molecule has 3 aromatic heterocycles. The Morgan fingerprint density at radius 1 is 1.50 bits per heavy atom. The van der Waals surface area contributed by atoms with Crippen molar-refractivity contribution in [3.63, 3.8) is 0 Å². The zero-order valence-corrected chi connectivity index (χ0v) is 12.6. The normalized spacial score (nSPS) is 17.7. The predicted octanol–water partition coefficient (Wildman–Crippen LogP) is 2.74. The fraction of sp³-hybridized carbons (Fsp3) is 0.267. The van der Waals surface area contributed by atoms with Gasteiger partial charge in [0.25, 0.3) is 5.91 Å². The molecule has 22 heavy (non-hydrogen) atoms. The molecular formula is C15H13ClN4O2. The number of rotatable bonds is 1. The van der Waals surface area contributed by atoms with Crippen molar-refractivity contribution in [1.29, 1.82) is 0 Å². The number of fused-ring (bicyclic) bond motifs is 2. The quantitative estimate of drug-likeness (QED) is 0.692. The minimum Gasteiger partial charge on any atom is -0.469 e. The van der Waals surface area contributed by atoms with Crippen LogP contribution in [0.25, 0.3) is 5.65 Å². The molecule has 1 aliphatic heterocycles. The van der Waals surface area contributed by atoms with Crippen molar-refractivity contribution in [2.75, 3.05) is 6.54 Å². The number of carbonyl (C=O) groups is 1. The Bertz CT molecular complexity index is 869. The topological polar surface area (TPSA) is 63.6 Å². The number of hydrogen-bond acceptors (Lipinski definition) is 4. The van der Waals surface area contributed by atoms with Gasteiger partial charge in [0.15, 0.2) is 11.3 Å². The maximum Gasteiger partial charge on any atom is 0.274 e. The highest BCUT2D eigenvalue weighted by molar-refractivity contribution is 6.30. The van der Waals surface area contributed by atoms with E-state index in [1.165, 1.54) is 10.7 Å². The van der Waals surface area contributed by atoms with Crippen LogP contribution in [0.2, 0.25) is 5.02 Å². The van der Waals surface area contributed by atoms with Gasteiger partial charge in [-0.05, 0) is 13.0 Å². The smallest absolute Gasteiger partial charge is 0.274 e. The largest absolute Gasteiger partial charge is 0.469 e. The van der Waals surface area contributed by atoms with Crippen molar-refractivity contribution in [2.24, 2.45) is 0 Å². The Hall–Kier alpha value is -2.34. The first-order valence-electron chi connectivity index (χ1n) is 7.01. The van der Waals surface area contributed by atoms with E-state index in [1.807, 2.05) is 13.0 Å². The van der Waals surface area contributed by atoms with E-state index < -0.39 is 0 Å². The Balaban J connectivity index is 1.68. The van der Waals surface area contributed by atoms with Crippen LogP contribution in [-0.4, -0.2) is 31.9 Å². The molecule has 7 heteroatoms. The Kier molecular flexibility index (Phi) is 2.94. The average molecular weight is 317 g/mol. The predicted molar refractivity (Wildman–Crippen MR) is 79.9 cm³/mol. The second-order valence-electron chi connectivity index (χ2n) is 5.33. The first-order valence-corrected chi connectivity index (χ1v) is 7.39. The van der Waals surface area contributed by atoms with E-state index in [4.69, 9.17) is 16.0 Å². The number of halogens is 1. The maximum atomic E-state index is 12.8. The summed E-state index contributed by atoms with van der Waals surface area (Å²) in [7, 11) is 0. The number of furan rings is 1. The van der Waals surface area contributed by atoms with Crippen LogP contribution >= 0.6 is 11.6 Å². The molecule has 0 saturated heterocycles. The van der Waals surface area contributed by atoms with Gasteiger partial charge < -0.3 is 9.32 Å². The van der Waals surface area contributed by atoms with Crippen LogP contribution < -0.4 is 0 Å². The van der Waals surface area contributed by atoms with Crippen molar-refractivity contribution in [3.05, 3.63) is 52.8 Å². The van der Waals surface area contributed by atoms with E-state index in [9.17, 15) is 4.79 Å². The molecule has 0 spiro atoms. The van der Waals surface area contributed by atoms with Gasteiger partial charge in [-0.1, -0.05) is 11.6 Å². The summed E-state index contributed by atoms with van der Waals surface area (Å²) in [6.07, 6.45) is 5.56. The third-order valence-corrected chi connectivity index (χ3v) is 4.23. The lowest BCUT2D eigenvalue weighted by atomic mass is 10.0. The van der Waals surface area contributed by atoms with Crippen LogP contribution in [0.5, 0.6) is 0 Å². The summed E-state index contributed by atoms with van der Waals surface area (Å²) in [6, 6.07) is 3.57. The number of nitrogens with zero attached hydrogens (tertiary/aromatic N) is 4. The molecule has 1 aliphatic rings. The molecule has 112 valence electrons. The number of hydrogen-bond donors (Lipinski definition) is 0. The molecule has 0 aliphatic carbocycles. The molecule has 0 aromatic carbocycles. The molecule has 1 unspecified atom stereocenters. The van der Waals surface area contributed by atoms with Gasteiger partial charge in [-0.25, -0.2) is 9.50 Å². The van der Waals surface area contributed by atoms with Crippen molar-refractivity contribution >= 4 is 23.2 Å². The van der Waals surface area contributed by atoms with E-state index in [2.05, 4.69) is 10.1 Å². The molecule has 0 bridgehead atoms. The van der Waals surface area contributed by atoms with Crippen LogP contribution in [0, 0.1) is 0 Å². The van der Waals surface area contributed by atoms with Gasteiger partial charge in [0.1, 0.15) is 5.76 Å². The molecule has 0 radical (unpaired) electrons. The summed E-state index contributed by atoms with van der Waals surface area (Å²) in [5.74, 6) is 0.848. The lowest BCUT2D eigenvalue weighted by Gasteiger charge is -2.32. The Morgan fingerprint density at radius 2 is 2.36 bits per heavy atom. The van der Waals surface area contributed by atoms with E-state index in [0.717, 1.165) is 17.7 Å². The zero-order valence-electron chi connectivity index (χ0n) is 11.9. The standard InChI is InChI=1S/C15H13ClN4O2/c1-9-11-3-5-22-13(11)2-4-19(9)15(21)12-6-14-17-7-10(16)8-20(14)18-12/h3,5-9H,2,4H2,1H3. The summed E-state index contributed by atoms with van der Waals surface area (Å²) in [5.41, 5.74) is 2.03. The average Bonchev–Trinajstić information content (AvgIpc) is 3.12. The van der Waals surface area contributed by atoms with Crippen LogP contribution in [0.1, 0.15) is 34.8 Å². The molecule has 0 N–H and O–H groups in total. The van der Waals surface area contributed by atoms with Crippen molar-refractivity contribution < 1.29 is 9.21 Å². The molecule has 0 saturated carbocycles. The van der Waals surface area contributed by atoms with Gasteiger partial charge in [-0.3, -0.25) is 4.79 Å². The minimum absolute atomic E-state index is 0.0311.